The second-order valence-electron chi connectivity index (χ2n) is 15.1. The van der Waals surface area contributed by atoms with E-state index in [4.69, 9.17) is 4.42 Å². The highest BCUT2D eigenvalue weighted by Crippen LogP contribution is 2.44. The molecule has 2 aromatic heterocycles. The van der Waals surface area contributed by atoms with Crippen LogP contribution in [0.15, 0.2) is 120 Å². The van der Waals surface area contributed by atoms with Crippen LogP contribution in [0.25, 0.3) is 72.3 Å². The molecule has 2 heterocycles. The Morgan fingerprint density at radius 2 is 1.16 bits per heavy atom. The molecule has 0 saturated carbocycles. The van der Waals surface area contributed by atoms with Gasteiger partial charge in [0.05, 0.1) is 18.2 Å². The van der Waals surface area contributed by atoms with E-state index in [9.17, 15) is 26.3 Å². The molecule has 0 saturated heterocycles. The van der Waals surface area contributed by atoms with Crippen molar-refractivity contribution in [1.82, 2.24) is 4.57 Å². The third-order valence-corrected chi connectivity index (χ3v) is 10.8. The normalized spacial score (nSPS) is 12.6. The van der Waals surface area contributed by atoms with Crippen LogP contribution in [-0.4, -0.2) is 4.57 Å². The highest BCUT2D eigenvalue weighted by Gasteiger charge is 2.38. The van der Waals surface area contributed by atoms with Gasteiger partial charge < -0.3 is 4.42 Å². The molecule has 0 aliphatic heterocycles. The third-order valence-electron chi connectivity index (χ3n) is 10.8. The molecule has 6 aromatic carbocycles. The van der Waals surface area contributed by atoms with Crippen molar-refractivity contribution in [2.75, 3.05) is 0 Å². The number of imidazole rings is 1. The number of para-hydroxylation sites is 2. The van der Waals surface area contributed by atoms with Gasteiger partial charge in [-0.05, 0) is 101 Å². The molecule has 0 amide bonds. The largest absolute Gasteiger partial charge is 0.455 e. The lowest BCUT2D eigenvalue weighted by Gasteiger charge is -2.21. The Hall–Kier alpha value is -5.83. The minimum atomic E-state index is -4.97. The molecule has 56 heavy (non-hydrogen) atoms. The van der Waals surface area contributed by atoms with E-state index in [1.165, 1.54) is 17.2 Å². The second kappa shape index (κ2) is 13.4. The lowest BCUT2D eigenvalue weighted by molar-refractivity contribution is -0.633. The molecule has 0 fully saturated rings. The Morgan fingerprint density at radius 3 is 1.77 bits per heavy atom. The lowest BCUT2D eigenvalue weighted by atomic mass is 9.88. The number of benzene rings is 6. The van der Waals surface area contributed by atoms with Gasteiger partial charge in [0.1, 0.15) is 16.8 Å². The maximum absolute atomic E-state index is 13.8. The first-order chi connectivity index (χ1) is 26.5. The predicted octanol–water partition coefficient (Wildman–Crippen LogP) is 13.9. The Morgan fingerprint density at radius 1 is 0.589 bits per heavy atom. The molecule has 0 bridgehead atoms. The van der Waals surface area contributed by atoms with Crippen molar-refractivity contribution in [3.63, 3.8) is 0 Å². The van der Waals surface area contributed by atoms with E-state index in [1.54, 1.807) is 12.1 Å². The fourth-order valence-corrected chi connectivity index (χ4v) is 7.95. The van der Waals surface area contributed by atoms with Crippen LogP contribution in [-0.2, 0) is 19.4 Å². The number of fused-ring (bicyclic) bond motifs is 4. The molecule has 0 unspecified atom stereocenters. The number of halogens is 6. The van der Waals surface area contributed by atoms with Crippen molar-refractivity contribution in [2.45, 2.75) is 58.8 Å². The monoisotopic (exact) mass is 761 g/mol. The molecule has 0 N–H and O–H groups in total. The molecule has 8 rings (SSSR count). The van der Waals surface area contributed by atoms with E-state index in [0.29, 0.717) is 16.6 Å². The minimum Gasteiger partial charge on any atom is -0.455 e. The fraction of sp³-hybridized carbons (Fsp3) is 0.213. The summed E-state index contributed by atoms with van der Waals surface area (Å²) in [5.74, 6) is 1.18. The molecule has 284 valence electrons. The third kappa shape index (κ3) is 6.23. The highest BCUT2D eigenvalue weighted by molar-refractivity contribution is 6.10. The number of hydrogen-bond acceptors (Lipinski definition) is 1. The molecule has 0 radical (unpaired) electrons. The molecule has 9 heteroatoms. The van der Waals surface area contributed by atoms with Gasteiger partial charge in [0.25, 0.3) is 5.82 Å². The number of hydrogen-bond donors (Lipinski definition) is 0. The second-order valence-corrected chi connectivity index (χ2v) is 15.1. The maximum atomic E-state index is 13.8. The maximum Gasteiger partial charge on any atom is 0.416 e. The number of nitrogens with zero attached hydrogens (tertiary/aromatic N) is 2. The Labute approximate surface area is 320 Å². The van der Waals surface area contributed by atoms with E-state index >= 15 is 0 Å². The molecular formula is C47H39F6N2O+. The highest BCUT2D eigenvalue weighted by atomic mass is 19.4. The Kier molecular flexibility index (Phi) is 8.90. The van der Waals surface area contributed by atoms with Crippen LogP contribution in [0.3, 0.4) is 0 Å². The van der Waals surface area contributed by atoms with E-state index in [2.05, 4.69) is 73.2 Å². The number of furan rings is 1. The topological polar surface area (TPSA) is 21.9 Å². The van der Waals surface area contributed by atoms with Gasteiger partial charge >= 0.3 is 12.4 Å². The molecule has 0 aliphatic carbocycles. The summed E-state index contributed by atoms with van der Waals surface area (Å²) in [6.45, 7) is 10.8. The van der Waals surface area contributed by atoms with Crippen molar-refractivity contribution in [1.29, 1.82) is 0 Å². The van der Waals surface area contributed by atoms with E-state index in [-0.39, 0.29) is 29.0 Å². The summed E-state index contributed by atoms with van der Waals surface area (Å²) >= 11 is 0. The average molecular weight is 762 g/mol. The SMILES string of the molecule is Cc1ccc2c(oc3cc(-c4cc(C(F)(F)F)cc(C(F)(F)F)c4)ccc32)c1-c1n(-c2c(C(C)C)cc(-c3ccccc3)cc2C(C)C)c2ccccc2[n+]1C. The van der Waals surface area contributed by atoms with E-state index in [1.807, 2.05) is 56.4 Å². The first kappa shape index (κ1) is 37.1. The first-order valence-electron chi connectivity index (χ1n) is 18.5. The van der Waals surface area contributed by atoms with Crippen LogP contribution in [0.2, 0.25) is 0 Å². The summed E-state index contributed by atoms with van der Waals surface area (Å²) < 4.78 is 94.0. The average Bonchev–Trinajstić information content (AvgIpc) is 3.67. The quantitative estimate of drug-likeness (QED) is 0.122. The van der Waals surface area contributed by atoms with Gasteiger partial charge in [-0.1, -0.05) is 88.4 Å². The zero-order valence-corrected chi connectivity index (χ0v) is 31.7. The van der Waals surface area contributed by atoms with Gasteiger partial charge in [-0.25, -0.2) is 4.57 Å². The fourth-order valence-electron chi connectivity index (χ4n) is 7.95. The molecule has 0 atom stereocenters. The number of rotatable bonds is 6. The summed E-state index contributed by atoms with van der Waals surface area (Å²) in [5.41, 5.74) is 7.60. The summed E-state index contributed by atoms with van der Waals surface area (Å²) in [6, 6.07) is 33.5. The van der Waals surface area contributed by atoms with Gasteiger partial charge in [0.2, 0.25) is 0 Å². The summed E-state index contributed by atoms with van der Waals surface area (Å²) in [5, 5.41) is 1.47. The smallest absolute Gasteiger partial charge is 0.416 e. The minimum absolute atomic E-state index is 0.141. The van der Waals surface area contributed by atoms with Crippen LogP contribution in [0.5, 0.6) is 0 Å². The lowest BCUT2D eigenvalue weighted by Crippen LogP contribution is -2.30. The molecule has 8 aromatic rings. The predicted molar refractivity (Wildman–Crippen MR) is 211 cm³/mol. The van der Waals surface area contributed by atoms with Gasteiger partial charge in [-0.3, -0.25) is 0 Å². The van der Waals surface area contributed by atoms with Crippen molar-refractivity contribution in [2.24, 2.45) is 7.05 Å². The van der Waals surface area contributed by atoms with Gasteiger partial charge in [0, 0.05) is 21.9 Å². The zero-order chi connectivity index (χ0) is 39.8. The van der Waals surface area contributed by atoms with Crippen LogP contribution in [0, 0.1) is 6.92 Å². The number of aryl methyl sites for hydroxylation is 2. The number of alkyl halides is 6. The first-order valence-corrected chi connectivity index (χ1v) is 18.5. The summed E-state index contributed by atoms with van der Waals surface area (Å²) in [6.07, 6.45) is -9.93. The summed E-state index contributed by atoms with van der Waals surface area (Å²) in [4.78, 5) is 0. The van der Waals surface area contributed by atoms with E-state index < -0.39 is 23.5 Å². The van der Waals surface area contributed by atoms with Crippen LogP contribution < -0.4 is 4.57 Å². The van der Waals surface area contributed by atoms with Crippen LogP contribution in [0.4, 0.5) is 26.3 Å². The van der Waals surface area contributed by atoms with Gasteiger partial charge in [0.15, 0.2) is 16.6 Å². The molecule has 0 spiro atoms. The van der Waals surface area contributed by atoms with Crippen LogP contribution >= 0.6 is 0 Å². The summed E-state index contributed by atoms with van der Waals surface area (Å²) in [7, 11) is 2.03. The van der Waals surface area contributed by atoms with Crippen molar-refractivity contribution < 1.29 is 35.3 Å². The standard InChI is InChI=1S/C47H39F6N2O/c1-26(2)37-22-32(29-12-8-7-9-13-29)23-38(27(3)4)43(37)55-40-15-11-10-14-39(40)54(6)45(55)42-28(5)16-18-36-35-19-17-30(24-41(35)56-44(36)42)31-20-33(46(48,49)50)25-34(21-31)47(51,52)53/h7-27H,1-6H3/q+1. The number of aromatic nitrogens is 2. The van der Waals surface area contributed by atoms with Crippen molar-refractivity contribution in [3.05, 3.63) is 143 Å². The Bertz CT molecular complexity index is 2740. The molecule has 0 aliphatic rings. The van der Waals surface area contributed by atoms with Crippen molar-refractivity contribution in [3.8, 4) is 39.3 Å². The Balaban J connectivity index is 1.41. The van der Waals surface area contributed by atoms with Gasteiger partial charge in [-0.15, -0.1) is 0 Å². The van der Waals surface area contributed by atoms with E-state index in [0.717, 1.165) is 62.3 Å². The zero-order valence-electron chi connectivity index (χ0n) is 31.7. The van der Waals surface area contributed by atoms with Crippen molar-refractivity contribution >= 4 is 33.0 Å². The molecule has 3 nitrogen and oxygen atoms in total. The van der Waals surface area contributed by atoms with Gasteiger partial charge in [-0.2, -0.15) is 30.9 Å². The molecular weight excluding hydrogens is 723 g/mol. The van der Waals surface area contributed by atoms with Crippen LogP contribution in [0.1, 0.15) is 67.3 Å².